The Morgan fingerprint density at radius 2 is 1.63 bits per heavy atom. The monoisotopic (exact) mass is 595 g/mol. The molecule has 43 heavy (non-hydrogen) atoms. The van der Waals surface area contributed by atoms with Gasteiger partial charge in [0.2, 0.25) is 5.91 Å². The molecule has 0 saturated heterocycles. The lowest BCUT2D eigenvalue weighted by molar-refractivity contribution is -0.192. The minimum atomic E-state index is -5.08. The number of hydrogen-bond acceptors (Lipinski definition) is 6. The fraction of sp³-hybridized carbons (Fsp3) is 0.226. The summed E-state index contributed by atoms with van der Waals surface area (Å²) in [4.78, 5) is 40.5. The molecule has 2 amide bonds. The molecular weight excluding hydrogens is 567 g/mol. The summed E-state index contributed by atoms with van der Waals surface area (Å²) in [6, 6.07) is 24.4. The van der Waals surface area contributed by atoms with Crippen LogP contribution in [0.1, 0.15) is 27.9 Å². The van der Waals surface area contributed by atoms with Crippen molar-refractivity contribution >= 4 is 28.7 Å². The Bertz CT molecular complexity index is 1630. The van der Waals surface area contributed by atoms with Crippen molar-refractivity contribution in [1.82, 2.24) is 15.4 Å². The number of hydroxylamine groups is 1. The number of aromatic nitrogens is 1. The first-order valence-electron chi connectivity index (χ1n) is 13.1. The Hall–Kier alpha value is -4.97. The van der Waals surface area contributed by atoms with Crippen LogP contribution < -0.4 is 10.2 Å². The first-order chi connectivity index (χ1) is 20.5. The second kappa shape index (κ2) is 13.3. The van der Waals surface area contributed by atoms with Crippen LogP contribution >= 0.6 is 0 Å². The number of amides is 2. The van der Waals surface area contributed by atoms with E-state index in [4.69, 9.17) is 14.6 Å². The minimum absolute atomic E-state index is 0.145. The molecule has 9 nitrogen and oxygen atoms in total. The van der Waals surface area contributed by atoms with Gasteiger partial charge in [0.25, 0.3) is 5.91 Å². The first kappa shape index (κ1) is 31.0. The lowest BCUT2D eigenvalue weighted by atomic mass is 9.93. The van der Waals surface area contributed by atoms with E-state index >= 15 is 0 Å². The Morgan fingerprint density at radius 3 is 2.28 bits per heavy atom. The molecule has 0 unspecified atom stereocenters. The number of aliphatic carboxylic acids is 1. The zero-order valence-corrected chi connectivity index (χ0v) is 23.0. The molecule has 3 N–H and O–H groups in total. The Labute approximate surface area is 244 Å². The van der Waals surface area contributed by atoms with Gasteiger partial charge in [0.1, 0.15) is 18.4 Å². The number of halogens is 3. The average molecular weight is 596 g/mol. The maximum atomic E-state index is 13.2. The fourth-order valence-electron chi connectivity index (χ4n) is 4.75. The molecule has 2 heterocycles. The highest BCUT2D eigenvalue weighted by molar-refractivity contribution is 5.88. The van der Waals surface area contributed by atoms with Gasteiger partial charge in [0, 0.05) is 29.6 Å². The maximum absolute atomic E-state index is 13.2. The standard InChI is InChI=1S/C29H27N3O4.C2HF3O2/c1-19-14-23(25-8-4-5-9-26(25)30-19)18-36-24-12-10-20(11-13-24)15-28(33)32-17-22-7-3-2-6-21(22)16-27(32)29(34)31-35;3-2(4,5)1(6)7/h2-14,27,35H,15-18H2,1H3,(H,31,34);(H,6,7)/t27-;/m1./s1. The van der Waals surface area contributed by atoms with Crippen molar-refractivity contribution in [1.29, 1.82) is 0 Å². The molecule has 1 aliphatic heterocycles. The van der Waals surface area contributed by atoms with Gasteiger partial charge in [-0.2, -0.15) is 13.2 Å². The molecule has 0 fully saturated rings. The van der Waals surface area contributed by atoms with E-state index in [0.29, 0.717) is 25.3 Å². The summed E-state index contributed by atoms with van der Waals surface area (Å²) >= 11 is 0. The zero-order chi connectivity index (χ0) is 31.1. The van der Waals surface area contributed by atoms with Gasteiger partial charge < -0.3 is 14.7 Å². The van der Waals surface area contributed by atoms with Gasteiger partial charge >= 0.3 is 12.1 Å². The average Bonchev–Trinajstić information content (AvgIpc) is 2.99. The van der Waals surface area contributed by atoms with Crippen molar-refractivity contribution in [2.45, 2.75) is 45.1 Å². The SMILES string of the molecule is Cc1cc(COc2ccc(CC(=O)N3Cc4ccccc4C[C@@H]3C(=O)NO)cc2)c2ccccc2n1.O=C(O)C(F)(F)F. The normalized spacial score (nSPS) is 14.3. The molecule has 3 aromatic carbocycles. The summed E-state index contributed by atoms with van der Waals surface area (Å²) in [5.74, 6) is -2.81. The fourth-order valence-corrected chi connectivity index (χ4v) is 4.75. The van der Waals surface area contributed by atoms with Crippen LogP contribution in [0, 0.1) is 6.92 Å². The number of carbonyl (C=O) groups excluding carboxylic acids is 2. The van der Waals surface area contributed by atoms with Crippen LogP contribution in [-0.2, 0) is 40.4 Å². The van der Waals surface area contributed by atoms with Crippen LogP contribution in [-0.4, -0.2) is 50.2 Å². The van der Waals surface area contributed by atoms with Crippen molar-refractivity contribution in [3.8, 4) is 5.75 Å². The lowest BCUT2D eigenvalue weighted by Gasteiger charge is -2.35. The van der Waals surface area contributed by atoms with E-state index < -0.39 is 24.1 Å². The first-order valence-corrected chi connectivity index (χ1v) is 13.1. The smallest absolute Gasteiger partial charge is 0.489 e. The summed E-state index contributed by atoms with van der Waals surface area (Å²) in [7, 11) is 0. The van der Waals surface area contributed by atoms with E-state index in [1.165, 1.54) is 4.90 Å². The largest absolute Gasteiger partial charge is 0.490 e. The van der Waals surface area contributed by atoms with E-state index in [2.05, 4.69) is 4.98 Å². The third-order valence-corrected chi connectivity index (χ3v) is 6.83. The van der Waals surface area contributed by atoms with E-state index in [1.807, 2.05) is 85.8 Å². The molecule has 0 radical (unpaired) electrons. The summed E-state index contributed by atoms with van der Waals surface area (Å²) in [5, 5.41) is 17.4. The molecule has 0 saturated carbocycles. The summed E-state index contributed by atoms with van der Waals surface area (Å²) < 4.78 is 37.8. The second-order valence-electron chi connectivity index (χ2n) is 9.84. The van der Waals surface area contributed by atoms with Crippen molar-refractivity contribution in [3.63, 3.8) is 0 Å². The van der Waals surface area contributed by atoms with Crippen molar-refractivity contribution < 1.29 is 42.6 Å². The molecule has 4 aromatic rings. The number of aryl methyl sites for hydroxylation is 1. The van der Waals surface area contributed by atoms with Gasteiger partial charge in [-0.05, 0) is 47.9 Å². The molecule has 1 aromatic heterocycles. The molecule has 0 bridgehead atoms. The maximum Gasteiger partial charge on any atom is 0.490 e. The van der Waals surface area contributed by atoms with Gasteiger partial charge in [-0.25, -0.2) is 10.3 Å². The number of nitrogens with zero attached hydrogens (tertiary/aromatic N) is 2. The number of rotatable bonds is 6. The molecule has 1 atom stereocenters. The number of carbonyl (C=O) groups is 3. The number of para-hydroxylation sites is 1. The summed E-state index contributed by atoms with van der Waals surface area (Å²) in [6.07, 6.45) is -4.57. The highest BCUT2D eigenvalue weighted by Gasteiger charge is 2.38. The molecule has 0 aliphatic carbocycles. The number of fused-ring (bicyclic) bond motifs is 2. The molecule has 5 rings (SSSR count). The molecule has 1 aliphatic rings. The molecule has 0 spiro atoms. The van der Waals surface area contributed by atoms with E-state index in [1.54, 1.807) is 5.48 Å². The number of benzene rings is 3. The molecule has 224 valence electrons. The van der Waals surface area contributed by atoms with E-state index in [9.17, 15) is 28.0 Å². The number of pyridine rings is 1. The van der Waals surface area contributed by atoms with Crippen LogP contribution in [0.4, 0.5) is 13.2 Å². The minimum Gasteiger partial charge on any atom is -0.489 e. The predicted octanol–water partition coefficient (Wildman–Crippen LogP) is 4.76. The topological polar surface area (TPSA) is 129 Å². The number of alkyl halides is 3. The van der Waals surface area contributed by atoms with Gasteiger partial charge in [0.15, 0.2) is 0 Å². The number of carboxylic acid groups (broad SMARTS) is 1. The van der Waals surface area contributed by atoms with Crippen LogP contribution in [0.5, 0.6) is 5.75 Å². The van der Waals surface area contributed by atoms with Crippen molar-refractivity contribution in [2.24, 2.45) is 0 Å². The Balaban J connectivity index is 0.000000541. The summed E-state index contributed by atoms with van der Waals surface area (Å²) in [5.41, 5.74) is 7.50. The van der Waals surface area contributed by atoms with Crippen LogP contribution in [0.2, 0.25) is 0 Å². The van der Waals surface area contributed by atoms with Crippen molar-refractivity contribution in [2.75, 3.05) is 0 Å². The van der Waals surface area contributed by atoms with Gasteiger partial charge in [-0.3, -0.25) is 19.8 Å². The number of carboxylic acids is 1. The van der Waals surface area contributed by atoms with Crippen LogP contribution in [0.15, 0.2) is 78.9 Å². The van der Waals surface area contributed by atoms with E-state index in [0.717, 1.165) is 38.9 Å². The summed E-state index contributed by atoms with van der Waals surface area (Å²) in [6.45, 7) is 2.71. The molecular formula is C31H28F3N3O6. The number of ether oxygens (including phenoxy) is 1. The van der Waals surface area contributed by atoms with Gasteiger partial charge in [0.05, 0.1) is 11.9 Å². The quantitative estimate of drug-likeness (QED) is 0.217. The second-order valence-corrected chi connectivity index (χ2v) is 9.84. The van der Waals surface area contributed by atoms with Gasteiger partial charge in [-0.1, -0.05) is 54.6 Å². The highest BCUT2D eigenvalue weighted by atomic mass is 19.4. The van der Waals surface area contributed by atoms with E-state index in [-0.39, 0.29) is 12.3 Å². The van der Waals surface area contributed by atoms with Crippen molar-refractivity contribution in [3.05, 3.63) is 107 Å². The Morgan fingerprint density at radius 1 is 1.00 bits per heavy atom. The van der Waals surface area contributed by atoms with Crippen LogP contribution in [0.3, 0.4) is 0 Å². The van der Waals surface area contributed by atoms with Gasteiger partial charge in [-0.15, -0.1) is 0 Å². The Kier molecular flexibility index (Phi) is 9.61. The number of nitrogens with one attached hydrogen (secondary N) is 1. The predicted molar refractivity (Wildman–Crippen MR) is 149 cm³/mol. The lowest BCUT2D eigenvalue weighted by Crippen LogP contribution is -2.52. The molecule has 12 heteroatoms. The highest BCUT2D eigenvalue weighted by Crippen LogP contribution is 2.25. The number of hydrogen-bond donors (Lipinski definition) is 3. The third kappa shape index (κ3) is 7.86. The van der Waals surface area contributed by atoms with Crippen LogP contribution in [0.25, 0.3) is 10.9 Å². The third-order valence-electron chi connectivity index (χ3n) is 6.83. The zero-order valence-electron chi connectivity index (χ0n) is 23.0.